The number of carbonyl (C=O) groups excluding carboxylic acids is 1. The molecule has 0 radical (unpaired) electrons. The van der Waals surface area contributed by atoms with Gasteiger partial charge in [-0.2, -0.15) is 0 Å². The van der Waals surface area contributed by atoms with Crippen LogP contribution >= 0.6 is 0 Å². The van der Waals surface area contributed by atoms with Gasteiger partial charge in [0.05, 0.1) is 11.9 Å². The van der Waals surface area contributed by atoms with Crippen LogP contribution < -0.4 is 5.32 Å². The molecule has 0 spiro atoms. The van der Waals surface area contributed by atoms with Gasteiger partial charge in [-0.1, -0.05) is 6.92 Å². The van der Waals surface area contributed by atoms with Gasteiger partial charge in [0, 0.05) is 37.3 Å². The maximum absolute atomic E-state index is 12.4. The van der Waals surface area contributed by atoms with Crippen molar-refractivity contribution in [3.8, 4) is 0 Å². The van der Waals surface area contributed by atoms with Gasteiger partial charge >= 0.3 is 0 Å². The Kier molecular flexibility index (Phi) is 3.93. The molecule has 1 amide bonds. The molecule has 3 rings (SSSR count). The van der Waals surface area contributed by atoms with Crippen LogP contribution in [0.25, 0.3) is 0 Å². The highest BCUT2D eigenvalue weighted by Gasteiger charge is 2.32. The number of nitrogens with zero attached hydrogens (tertiary/aromatic N) is 3. The molecular formula is C16H24N4O. The van der Waals surface area contributed by atoms with Gasteiger partial charge < -0.3 is 5.32 Å². The first-order valence-corrected chi connectivity index (χ1v) is 7.91. The van der Waals surface area contributed by atoms with Gasteiger partial charge in [-0.05, 0) is 32.6 Å². The molecule has 2 aliphatic rings. The topological polar surface area (TPSA) is 58.1 Å². The van der Waals surface area contributed by atoms with Gasteiger partial charge in [-0.15, -0.1) is 0 Å². The van der Waals surface area contributed by atoms with Crippen LogP contribution in [0.2, 0.25) is 0 Å². The summed E-state index contributed by atoms with van der Waals surface area (Å²) in [4.78, 5) is 23.4. The van der Waals surface area contributed by atoms with Gasteiger partial charge in [0.2, 0.25) is 0 Å². The average Bonchev–Trinajstić information content (AvgIpc) is 3.24. The van der Waals surface area contributed by atoms with Crippen molar-refractivity contribution in [3.05, 3.63) is 23.8 Å². The zero-order valence-electron chi connectivity index (χ0n) is 13.0. The molecule has 1 aromatic heterocycles. The molecule has 114 valence electrons. The van der Waals surface area contributed by atoms with Crippen molar-refractivity contribution in [3.63, 3.8) is 0 Å². The minimum absolute atomic E-state index is 0.0903. The van der Waals surface area contributed by atoms with E-state index in [1.165, 1.54) is 12.8 Å². The first kappa shape index (κ1) is 14.4. The first-order chi connectivity index (χ1) is 10.0. The number of hydrogen-bond donors (Lipinski definition) is 1. The number of carbonyl (C=O) groups is 1. The second-order valence-corrected chi connectivity index (χ2v) is 6.71. The van der Waals surface area contributed by atoms with Gasteiger partial charge in [0.15, 0.2) is 0 Å². The lowest BCUT2D eigenvalue weighted by Crippen LogP contribution is -2.40. The monoisotopic (exact) mass is 288 g/mol. The largest absolute Gasteiger partial charge is 0.346 e. The average molecular weight is 288 g/mol. The summed E-state index contributed by atoms with van der Waals surface area (Å²) < 4.78 is 0. The highest BCUT2D eigenvalue weighted by atomic mass is 16.2. The van der Waals surface area contributed by atoms with E-state index in [-0.39, 0.29) is 11.9 Å². The molecule has 21 heavy (non-hydrogen) atoms. The summed E-state index contributed by atoms with van der Waals surface area (Å²) in [6.07, 6.45) is 5.69. The van der Waals surface area contributed by atoms with Crippen LogP contribution in [0.4, 0.5) is 0 Å². The van der Waals surface area contributed by atoms with Crippen LogP contribution in [0.3, 0.4) is 0 Å². The zero-order chi connectivity index (χ0) is 15.0. The molecule has 0 unspecified atom stereocenters. The second kappa shape index (κ2) is 5.72. The summed E-state index contributed by atoms with van der Waals surface area (Å²) in [5.41, 5.74) is 1.42. The van der Waals surface area contributed by atoms with E-state index in [4.69, 9.17) is 0 Å². The standard InChI is InChI=1S/C16H24N4O/c1-10(2)20-8-11(3)15(9-20)19-16(21)14-7-17-6-13(18-14)12-4-5-12/h6-7,10-12,15H,4-5,8-9H2,1-3H3,(H,19,21)/t11-,15-/m1/s1. The number of hydrogen-bond acceptors (Lipinski definition) is 4. The number of likely N-dealkylation sites (tertiary alicyclic amines) is 1. The molecule has 1 saturated carbocycles. The summed E-state index contributed by atoms with van der Waals surface area (Å²) in [5.74, 6) is 0.899. The Balaban J connectivity index is 1.64. The van der Waals surface area contributed by atoms with Gasteiger partial charge in [-0.25, -0.2) is 4.98 Å². The predicted octanol–water partition coefficient (Wildman–Crippen LogP) is 1.81. The summed E-state index contributed by atoms with van der Waals surface area (Å²) in [6.45, 7) is 8.54. The van der Waals surface area contributed by atoms with Gasteiger partial charge in [0.1, 0.15) is 5.69 Å². The molecule has 1 aromatic rings. The van der Waals surface area contributed by atoms with Crippen molar-refractivity contribution in [2.45, 2.75) is 51.6 Å². The summed E-state index contributed by atoms with van der Waals surface area (Å²) in [5, 5.41) is 3.13. The van der Waals surface area contributed by atoms with Crippen LogP contribution in [0.15, 0.2) is 12.4 Å². The van der Waals surface area contributed by atoms with Crippen LogP contribution in [-0.4, -0.2) is 45.9 Å². The van der Waals surface area contributed by atoms with E-state index in [1.54, 1.807) is 12.4 Å². The lowest BCUT2D eigenvalue weighted by Gasteiger charge is -2.20. The van der Waals surface area contributed by atoms with E-state index >= 15 is 0 Å². The molecule has 1 saturated heterocycles. The molecule has 1 aliphatic heterocycles. The SMILES string of the molecule is CC(C)N1C[C@@H](C)[C@H](NC(=O)c2cncc(C3CC3)n2)C1. The van der Waals surface area contributed by atoms with E-state index in [2.05, 4.69) is 41.0 Å². The lowest BCUT2D eigenvalue weighted by molar-refractivity contribution is 0.0925. The Hall–Kier alpha value is -1.49. The van der Waals surface area contributed by atoms with E-state index < -0.39 is 0 Å². The maximum Gasteiger partial charge on any atom is 0.271 e. The molecule has 2 atom stereocenters. The van der Waals surface area contributed by atoms with Crippen molar-refractivity contribution < 1.29 is 4.79 Å². The molecule has 1 N–H and O–H groups in total. The quantitative estimate of drug-likeness (QED) is 0.918. The van der Waals surface area contributed by atoms with Gasteiger partial charge in [-0.3, -0.25) is 14.7 Å². The van der Waals surface area contributed by atoms with Crippen LogP contribution in [0, 0.1) is 5.92 Å². The summed E-state index contributed by atoms with van der Waals surface area (Å²) >= 11 is 0. The minimum Gasteiger partial charge on any atom is -0.346 e. The Morgan fingerprint density at radius 2 is 2.10 bits per heavy atom. The molecular weight excluding hydrogens is 264 g/mol. The summed E-state index contributed by atoms with van der Waals surface area (Å²) in [6, 6.07) is 0.721. The maximum atomic E-state index is 12.4. The van der Waals surface area contributed by atoms with E-state index in [0.717, 1.165) is 18.8 Å². The fourth-order valence-corrected chi connectivity index (χ4v) is 2.92. The number of nitrogens with one attached hydrogen (secondary N) is 1. The third kappa shape index (κ3) is 3.23. The van der Waals surface area contributed by atoms with Crippen LogP contribution in [0.5, 0.6) is 0 Å². The summed E-state index contributed by atoms with van der Waals surface area (Å²) in [7, 11) is 0. The highest BCUT2D eigenvalue weighted by molar-refractivity contribution is 5.92. The Morgan fingerprint density at radius 1 is 1.33 bits per heavy atom. The molecule has 5 heteroatoms. The zero-order valence-corrected chi connectivity index (χ0v) is 13.0. The number of amides is 1. The van der Waals surface area contributed by atoms with Crippen molar-refractivity contribution in [1.29, 1.82) is 0 Å². The Bertz CT molecular complexity index is 527. The fraction of sp³-hybridized carbons (Fsp3) is 0.688. The first-order valence-electron chi connectivity index (χ1n) is 7.91. The molecule has 0 aromatic carbocycles. The minimum atomic E-state index is -0.0903. The van der Waals surface area contributed by atoms with Crippen molar-refractivity contribution >= 4 is 5.91 Å². The molecule has 5 nitrogen and oxygen atoms in total. The third-order valence-corrected chi connectivity index (χ3v) is 4.57. The number of aromatic nitrogens is 2. The second-order valence-electron chi connectivity index (χ2n) is 6.71. The van der Waals surface area contributed by atoms with E-state index in [9.17, 15) is 4.79 Å². The van der Waals surface area contributed by atoms with Crippen molar-refractivity contribution in [1.82, 2.24) is 20.2 Å². The predicted molar refractivity (Wildman–Crippen MR) is 81.1 cm³/mol. The van der Waals surface area contributed by atoms with Crippen molar-refractivity contribution in [2.24, 2.45) is 5.92 Å². The Morgan fingerprint density at radius 3 is 2.71 bits per heavy atom. The fourth-order valence-electron chi connectivity index (χ4n) is 2.92. The van der Waals surface area contributed by atoms with E-state index in [1.807, 2.05) is 0 Å². The van der Waals surface area contributed by atoms with E-state index in [0.29, 0.717) is 23.6 Å². The Labute approximate surface area is 126 Å². The molecule has 2 heterocycles. The normalized spacial score (nSPS) is 26.3. The third-order valence-electron chi connectivity index (χ3n) is 4.57. The van der Waals surface area contributed by atoms with Crippen molar-refractivity contribution in [2.75, 3.05) is 13.1 Å². The van der Waals surface area contributed by atoms with Crippen LogP contribution in [-0.2, 0) is 0 Å². The highest BCUT2D eigenvalue weighted by Crippen LogP contribution is 2.38. The number of rotatable bonds is 4. The van der Waals surface area contributed by atoms with Crippen LogP contribution in [0.1, 0.15) is 55.7 Å². The lowest BCUT2D eigenvalue weighted by atomic mass is 10.1. The molecule has 1 aliphatic carbocycles. The molecule has 2 fully saturated rings. The molecule has 0 bridgehead atoms. The smallest absolute Gasteiger partial charge is 0.271 e. The van der Waals surface area contributed by atoms with Gasteiger partial charge in [0.25, 0.3) is 5.91 Å².